The van der Waals surface area contributed by atoms with Crippen molar-refractivity contribution >= 4 is 34.1 Å². The van der Waals surface area contributed by atoms with Crippen LogP contribution in [0.2, 0.25) is 0 Å². The SMILES string of the molecule is CCCCc1ccc(NC(=O)c2oc3c(c2C)/C(=N/NC(=O)c2ccc4ccccc4n2)CCC3)cc1. The highest BCUT2D eigenvalue weighted by Gasteiger charge is 2.28. The topological polar surface area (TPSA) is 96.6 Å². The summed E-state index contributed by atoms with van der Waals surface area (Å²) in [6.07, 6.45) is 5.55. The highest BCUT2D eigenvalue weighted by Crippen LogP contribution is 2.30. The van der Waals surface area contributed by atoms with Crippen LogP contribution in [0.1, 0.15) is 76.1 Å². The largest absolute Gasteiger partial charge is 0.455 e. The Morgan fingerprint density at radius 3 is 2.62 bits per heavy atom. The molecule has 0 saturated carbocycles. The predicted octanol–water partition coefficient (Wildman–Crippen LogP) is 6.20. The number of fused-ring (bicyclic) bond motifs is 2. The van der Waals surface area contributed by atoms with E-state index in [-0.39, 0.29) is 17.6 Å². The highest BCUT2D eigenvalue weighted by atomic mass is 16.4. The zero-order valence-corrected chi connectivity index (χ0v) is 21.1. The molecule has 4 aromatic rings. The Bertz CT molecular complexity index is 1480. The number of carbonyl (C=O) groups is 2. The Morgan fingerprint density at radius 2 is 1.81 bits per heavy atom. The molecule has 2 aromatic carbocycles. The summed E-state index contributed by atoms with van der Waals surface area (Å²) in [5, 5.41) is 8.33. The van der Waals surface area contributed by atoms with Crippen LogP contribution >= 0.6 is 0 Å². The summed E-state index contributed by atoms with van der Waals surface area (Å²) in [4.78, 5) is 30.2. The molecule has 7 heteroatoms. The molecule has 37 heavy (non-hydrogen) atoms. The van der Waals surface area contributed by atoms with E-state index in [2.05, 4.69) is 27.8 Å². The summed E-state index contributed by atoms with van der Waals surface area (Å²) in [7, 11) is 0. The lowest BCUT2D eigenvalue weighted by Gasteiger charge is -2.13. The van der Waals surface area contributed by atoms with E-state index in [1.165, 1.54) is 5.56 Å². The van der Waals surface area contributed by atoms with E-state index in [9.17, 15) is 9.59 Å². The normalized spacial score (nSPS) is 13.9. The Balaban J connectivity index is 1.32. The maximum Gasteiger partial charge on any atom is 0.291 e. The van der Waals surface area contributed by atoms with E-state index in [0.29, 0.717) is 17.8 Å². The Kier molecular flexibility index (Phi) is 7.12. The molecule has 0 aliphatic heterocycles. The molecular formula is C30H30N4O3. The number of para-hydroxylation sites is 1. The van der Waals surface area contributed by atoms with Gasteiger partial charge in [-0.3, -0.25) is 9.59 Å². The fourth-order valence-electron chi connectivity index (χ4n) is 4.69. The van der Waals surface area contributed by atoms with Gasteiger partial charge in [0.25, 0.3) is 11.8 Å². The van der Waals surface area contributed by atoms with E-state index in [4.69, 9.17) is 4.42 Å². The van der Waals surface area contributed by atoms with E-state index >= 15 is 0 Å². The van der Waals surface area contributed by atoms with Crippen molar-refractivity contribution in [3.63, 3.8) is 0 Å². The first-order chi connectivity index (χ1) is 18.0. The van der Waals surface area contributed by atoms with E-state index in [1.807, 2.05) is 61.5 Å². The van der Waals surface area contributed by atoms with Gasteiger partial charge in [-0.1, -0.05) is 49.7 Å². The van der Waals surface area contributed by atoms with Gasteiger partial charge >= 0.3 is 0 Å². The van der Waals surface area contributed by atoms with Gasteiger partial charge in [-0.15, -0.1) is 0 Å². The van der Waals surface area contributed by atoms with Crippen molar-refractivity contribution in [2.24, 2.45) is 5.10 Å². The average Bonchev–Trinajstić information content (AvgIpc) is 3.28. The van der Waals surface area contributed by atoms with Crippen LogP contribution in [-0.4, -0.2) is 22.5 Å². The molecule has 0 bridgehead atoms. The van der Waals surface area contributed by atoms with Crippen LogP contribution in [-0.2, 0) is 12.8 Å². The van der Waals surface area contributed by atoms with Crippen molar-refractivity contribution in [1.29, 1.82) is 0 Å². The molecule has 2 heterocycles. The first kappa shape index (κ1) is 24.4. The molecule has 2 amide bonds. The molecule has 0 radical (unpaired) electrons. The van der Waals surface area contributed by atoms with Gasteiger partial charge in [-0.2, -0.15) is 5.10 Å². The van der Waals surface area contributed by atoms with E-state index in [1.54, 1.807) is 6.07 Å². The average molecular weight is 495 g/mol. The van der Waals surface area contributed by atoms with Crippen molar-refractivity contribution < 1.29 is 14.0 Å². The number of nitrogens with zero attached hydrogens (tertiary/aromatic N) is 2. The molecule has 2 aromatic heterocycles. The van der Waals surface area contributed by atoms with Crippen LogP contribution in [0.4, 0.5) is 5.69 Å². The number of rotatable bonds is 7. The summed E-state index contributed by atoms with van der Waals surface area (Å²) in [6.45, 7) is 4.03. The third-order valence-electron chi connectivity index (χ3n) is 6.69. The smallest absolute Gasteiger partial charge is 0.291 e. The third kappa shape index (κ3) is 5.31. The molecule has 188 valence electrons. The van der Waals surface area contributed by atoms with Gasteiger partial charge in [-0.05, 0) is 62.4 Å². The van der Waals surface area contributed by atoms with Gasteiger partial charge in [0.05, 0.1) is 11.2 Å². The van der Waals surface area contributed by atoms with Gasteiger partial charge in [0.15, 0.2) is 5.76 Å². The van der Waals surface area contributed by atoms with Gasteiger partial charge in [0, 0.05) is 28.6 Å². The summed E-state index contributed by atoms with van der Waals surface area (Å²) < 4.78 is 6.00. The maximum absolute atomic E-state index is 13.1. The zero-order chi connectivity index (χ0) is 25.8. The van der Waals surface area contributed by atoms with Crippen molar-refractivity contribution in [3.05, 3.63) is 94.6 Å². The number of hydrazone groups is 1. The van der Waals surface area contributed by atoms with Crippen LogP contribution in [0, 0.1) is 6.92 Å². The fraction of sp³-hybridized carbons (Fsp3) is 0.267. The first-order valence-corrected chi connectivity index (χ1v) is 12.8. The summed E-state index contributed by atoms with van der Waals surface area (Å²) >= 11 is 0. The van der Waals surface area contributed by atoms with Gasteiger partial charge in [0.1, 0.15) is 11.5 Å². The molecule has 7 nitrogen and oxygen atoms in total. The Labute approximate surface area is 216 Å². The summed E-state index contributed by atoms with van der Waals surface area (Å²) in [5.41, 5.74) is 7.90. The number of aromatic nitrogens is 1. The minimum Gasteiger partial charge on any atom is -0.455 e. The van der Waals surface area contributed by atoms with Gasteiger partial charge in [0.2, 0.25) is 0 Å². The molecule has 0 atom stereocenters. The quantitative estimate of drug-likeness (QED) is 0.299. The predicted molar refractivity (Wildman–Crippen MR) is 145 cm³/mol. The lowest BCUT2D eigenvalue weighted by molar-refractivity contribution is 0.0949. The number of pyridine rings is 1. The second-order valence-electron chi connectivity index (χ2n) is 9.35. The molecule has 0 fully saturated rings. The standard InChI is InChI=1S/C30H30N4O3/c1-3-4-8-20-13-16-22(17-14-20)31-30(36)28-19(2)27-24(11-7-12-26(27)37-28)33-34-29(35)25-18-15-21-9-5-6-10-23(21)32-25/h5-6,9-10,13-18H,3-4,7-8,11-12H2,1-2H3,(H,31,36)(H,34,35)/b33-24+. The second-order valence-corrected chi connectivity index (χ2v) is 9.35. The number of aryl methyl sites for hydroxylation is 2. The molecule has 1 aliphatic rings. The maximum atomic E-state index is 13.1. The third-order valence-corrected chi connectivity index (χ3v) is 6.69. The van der Waals surface area contributed by atoms with Crippen LogP contribution in [0.3, 0.4) is 0 Å². The van der Waals surface area contributed by atoms with E-state index < -0.39 is 0 Å². The monoisotopic (exact) mass is 494 g/mol. The molecular weight excluding hydrogens is 464 g/mol. The fourth-order valence-corrected chi connectivity index (χ4v) is 4.69. The van der Waals surface area contributed by atoms with Gasteiger partial charge in [-0.25, -0.2) is 10.4 Å². The van der Waals surface area contributed by atoms with Crippen LogP contribution in [0.25, 0.3) is 10.9 Å². The van der Waals surface area contributed by atoms with Crippen LogP contribution < -0.4 is 10.7 Å². The van der Waals surface area contributed by atoms with E-state index in [0.717, 1.165) is 65.6 Å². The highest BCUT2D eigenvalue weighted by molar-refractivity contribution is 6.09. The molecule has 1 aliphatic carbocycles. The molecule has 0 spiro atoms. The number of hydrogen-bond donors (Lipinski definition) is 2. The number of carbonyl (C=O) groups excluding carboxylic acids is 2. The molecule has 0 unspecified atom stereocenters. The first-order valence-electron chi connectivity index (χ1n) is 12.8. The molecule has 2 N–H and O–H groups in total. The van der Waals surface area contributed by atoms with Crippen molar-refractivity contribution in [1.82, 2.24) is 10.4 Å². The number of unbranched alkanes of at least 4 members (excludes halogenated alkanes) is 1. The Hall–Kier alpha value is -4.26. The van der Waals surface area contributed by atoms with Gasteiger partial charge < -0.3 is 9.73 Å². The number of benzene rings is 2. The number of hydrogen-bond acceptors (Lipinski definition) is 5. The lowest BCUT2D eigenvalue weighted by atomic mass is 9.93. The van der Waals surface area contributed by atoms with Crippen LogP contribution in [0.15, 0.2) is 70.2 Å². The second kappa shape index (κ2) is 10.8. The molecule has 0 saturated heterocycles. The van der Waals surface area contributed by atoms with Crippen molar-refractivity contribution in [3.8, 4) is 0 Å². The number of amides is 2. The summed E-state index contributed by atoms with van der Waals surface area (Å²) in [6, 6.07) is 19.1. The number of anilines is 1. The molecule has 5 rings (SSSR count). The number of nitrogens with one attached hydrogen (secondary N) is 2. The van der Waals surface area contributed by atoms with Crippen LogP contribution in [0.5, 0.6) is 0 Å². The Morgan fingerprint density at radius 1 is 1.00 bits per heavy atom. The van der Waals surface area contributed by atoms with Crippen molar-refractivity contribution in [2.45, 2.75) is 52.4 Å². The van der Waals surface area contributed by atoms with Crippen molar-refractivity contribution in [2.75, 3.05) is 5.32 Å². The minimum atomic E-state index is -0.383. The zero-order valence-electron chi connectivity index (χ0n) is 21.1. The number of furan rings is 1. The lowest BCUT2D eigenvalue weighted by Crippen LogP contribution is -2.23. The summed E-state index contributed by atoms with van der Waals surface area (Å²) in [5.74, 6) is 0.321. The minimum absolute atomic E-state index is 0.275.